The second kappa shape index (κ2) is 6.60. The van der Waals surface area contributed by atoms with E-state index >= 15 is 0 Å². The van der Waals surface area contributed by atoms with Crippen LogP contribution in [0, 0.1) is 6.92 Å². The van der Waals surface area contributed by atoms with Gasteiger partial charge in [-0.25, -0.2) is 4.98 Å². The van der Waals surface area contributed by atoms with Crippen LogP contribution in [-0.2, 0) is 0 Å². The van der Waals surface area contributed by atoms with Gasteiger partial charge in [0.15, 0.2) is 5.82 Å². The van der Waals surface area contributed by atoms with Crippen LogP contribution in [0.5, 0.6) is 0 Å². The Bertz CT molecular complexity index is 697. The number of nitrogens with two attached hydrogens (primary N) is 1. The molecule has 1 saturated heterocycles. The van der Waals surface area contributed by atoms with E-state index in [-0.39, 0.29) is 5.95 Å². The molecule has 23 heavy (non-hydrogen) atoms. The fourth-order valence-corrected chi connectivity index (χ4v) is 2.78. The maximum absolute atomic E-state index is 6.11. The zero-order valence-electron chi connectivity index (χ0n) is 13.4. The van der Waals surface area contributed by atoms with Gasteiger partial charge in [-0.3, -0.25) is 0 Å². The summed E-state index contributed by atoms with van der Waals surface area (Å²) in [5.41, 5.74) is 8.96. The van der Waals surface area contributed by atoms with Gasteiger partial charge >= 0.3 is 0 Å². The van der Waals surface area contributed by atoms with Gasteiger partial charge in [-0.05, 0) is 37.7 Å². The normalized spacial score (nSPS) is 15.7. The number of rotatable bonds is 3. The summed E-state index contributed by atoms with van der Waals surface area (Å²) in [5, 5.41) is 3.67. The zero-order chi connectivity index (χ0) is 16.4. The second-order valence-corrected chi connectivity index (χ2v) is 6.25. The van der Waals surface area contributed by atoms with Crippen molar-refractivity contribution < 1.29 is 0 Å². The molecule has 1 aliphatic heterocycles. The number of aromatic nitrogens is 2. The van der Waals surface area contributed by atoms with Gasteiger partial charge in [-0.15, -0.1) is 0 Å². The summed E-state index contributed by atoms with van der Waals surface area (Å²) in [7, 11) is 2.16. The molecule has 0 saturated carbocycles. The minimum Gasteiger partial charge on any atom is -0.369 e. The van der Waals surface area contributed by atoms with E-state index in [1.807, 2.05) is 0 Å². The van der Waals surface area contributed by atoms with Gasteiger partial charge in [0.25, 0.3) is 0 Å². The summed E-state index contributed by atoms with van der Waals surface area (Å²) < 4.78 is 0. The third-order valence-electron chi connectivity index (χ3n) is 4.09. The lowest BCUT2D eigenvalue weighted by molar-refractivity contribution is 0.313. The van der Waals surface area contributed by atoms with Crippen molar-refractivity contribution in [3.8, 4) is 0 Å². The lowest BCUT2D eigenvalue weighted by Gasteiger charge is -2.34. The number of aryl methyl sites for hydroxylation is 1. The fraction of sp³-hybridized carbons (Fsp3) is 0.375. The predicted molar refractivity (Wildman–Crippen MR) is 95.6 cm³/mol. The molecule has 3 rings (SSSR count). The van der Waals surface area contributed by atoms with Crippen molar-refractivity contribution in [3.63, 3.8) is 0 Å². The first-order valence-corrected chi connectivity index (χ1v) is 8.00. The maximum Gasteiger partial charge on any atom is 0.222 e. The quantitative estimate of drug-likeness (QED) is 0.900. The van der Waals surface area contributed by atoms with Crippen LogP contribution in [0.4, 0.5) is 23.1 Å². The molecule has 0 aliphatic carbocycles. The minimum absolute atomic E-state index is 0.198. The Balaban J connectivity index is 1.78. The second-order valence-electron chi connectivity index (χ2n) is 5.84. The molecular formula is C16H21ClN6. The van der Waals surface area contributed by atoms with Crippen LogP contribution in [0.2, 0.25) is 5.02 Å². The maximum atomic E-state index is 6.11. The monoisotopic (exact) mass is 332 g/mol. The van der Waals surface area contributed by atoms with E-state index in [2.05, 4.69) is 57.3 Å². The molecule has 1 aliphatic rings. The van der Waals surface area contributed by atoms with Crippen molar-refractivity contribution in [1.82, 2.24) is 14.9 Å². The number of nitrogens with zero attached hydrogens (tertiary/aromatic N) is 4. The van der Waals surface area contributed by atoms with Gasteiger partial charge < -0.3 is 20.9 Å². The lowest BCUT2D eigenvalue weighted by Crippen LogP contribution is -2.44. The zero-order valence-corrected chi connectivity index (χ0v) is 14.1. The van der Waals surface area contributed by atoms with E-state index in [0.717, 1.165) is 37.4 Å². The molecular weight excluding hydrogens is 312 g/mol. The molecule has 1 fully saturated rings. The van der Waals surface area contributed by atoms with Crippen LogP contribution in [0.15, 0.2) is 24.4 Å². The van der Waals surface area contributed by atoms with Crippen LogP contribution < -0.4 is 16.0 Å². The summed E-state index contributed by atoms with van der Waals surface area (Å²) in [5.74, 6) is 0.721. The summed E-state index contributed by atoms with van der Waals surface area (Å²) in [4.78, 5) is 12.8. The first-order chi connectivity index (χ1) is 11.0. The Morgan fingerprint density at radius 3 is 2.65 bits per heavy atom. The molecule has 122 valence electrons. The molecule has 1 aromatic heterocycles. The van der Waals surface area contributed by atoms with E-state index in [1.165, 1.54) is 11.9 Å². The molecule has 1 aromatic carbocycles. The molecule has 0 atom stereocenters. The van der Waals surface area contributed by atoms with Crippen molar-refractivity contribution in [2.45, 2.75) is 6.92 Å². The number of nitrogen functional groups attached to an aromatic ring is 1. The highest BCUT2D eigenvalue weighted by Gasteiger charge is 2.15. The van der Waals surface area contributed by atoms with E-state index in [0.29, 0.717) is 10.8 Å². The van der Waals surface area contributed by atoms with E-state index in [4.69, 9.17) is 17.3 Å². The summed E-state index contributed by atoms with van der Waals surface area (Å²) in [6.07, 6.45) is 1.50. The molecule has 3 N–H and O–H groups in total. The van der Waals surface area contributed by atoms with Gasteiger partial charge in [-0.1, -0.05) is 11.6 Å². The van der Waals surface area contributed by atoms with Gasteiger partial charge in [0, 0.05) is 37.6 Å². The number of benzene rings is 1. The van der Waals surface area contributed by atoms with Crippen LogP contribution in [-0.4, -0.2) is 48.1 Å². The highest BCUT2D eigenvalue weighted by atomic mass is 35.5. The molecule has 2 heterocycles. The molecule has 2 aromatic rings. The molecule has 6 nitrogen and oxygen atoms in total. The Kier molecular flexibility index (Phi) is 4.54. The van der Waals surface area contributed by atoms with E-state index in [1.54, 1.807) is 0 Å². The van der Waals surface area contributed by atoms with Crippen LogP contribution >= 0.6 is 11.6 Å². The minimum atomic E-state index is 0.198. The topological polar surface area (TPSA) is 70.3 Å². The number of likely N-dealkylation sites (N-methyl/N-ethyl adjacent to an activating group) is 1. The summed E-state index contributed by atoms with van der Waals surface area (Å²) in [6, 6.07) is 6.36. The number of piperazine rings is 1. The smallest absolute Gasteiger partial charge is 0.222 e. The largest absolute Gasteiger partial charge is 0.369 e. The van der Waals surface area contributed by atoms with Crippen molar-refractivity contribution in [1.29, 1.82) is 0 Å². The third-order valence-corrected chi connectivity index (χ3v) is 4.37. The first kappa shape index (κ1) is 15.8. The van der Waals surface area contributed by atoms with Gasteiger partial charge in [0.2, 0.25) is 5.95 Å². The van der Waals surface area contributed by atoms with Crippen LogP contribution in [0.25, 0.3) is 0 Å². The first-order valence-electron chi connectivity index (χ1n) is 7.62. The van der Waals surface area contributed by atoms with Crippen molar-refractivity contribution in [2.75, 3.05) is 49.2 Å². The standard InChI is InChI=1S/C16H21ClN6/c1-11-9-12(23-7-5-22(2)6-8-23)3-4-14(11)20-15-13(17)10-19-16(18)21-15/h3-4,9-10H,5-8H2,1-2H3,(H3,18,19,20,21). The molecule has 0 unspecified atom stereocenters. The SMILES string of the molecule is Cc1cc(N2CCN(C)CC2)ccc1Nc1nc(N)ncc1Cl. The highest BCUT2D eigenvalue weighted by Crippen LogP contribution is 2.28. The Morgan fingerprint density at radius 2 is 1.96 bits per heavy atom. The van der Waals surface area contributed by atoms with Crippen LogP contribution in [0.1, 0.15) is 5.56 Å². The summed E-state index contributed by atoms with van der Waals surface area (Å²) in [6.45, 7) is 6.36. The molecule has 7 heteroatoms. The average Bonchev–Trinajstić information content (AvgIpc) is 2.53. The fourth-order valence-electron chi connectivity index (χ4n) is 2.65. The van der Waals surface area contributed by atoms with Gasteiger partial charge in [-0.2, -0.15) is 4.98 Å². The Morgan fingerprint density at radius 1 is 1.22 bits per heavy atom. The predicted octanol–water partition coefficient (Wildman–Crippen LogP) is 2.52. The van der Waals surface area contributed by atoms with Gasteiger partial charge in [0.05, 0.1) is 6.20 Å². The number of anilines is 4. The molecule has 0 radical (unpaired) electrons. The van der Waals surface area contributed by atoms with Crippen molar-refractivity contribution in [2.24, 2.45) is 0 Å². The number of nitrogens with one attached hydrogen (secondary N) is 1. The summed E-state index contributed by atoms with van der Waals surface area (Å²) >= 11 is 6.11. The van der Waals surface area contributed by atoms with Crippen LogP contribution in [0.3, 0.4) is 0 Å². The molecule has 0 spiro atoms. The number of hydrogen-bond acceptors (Lipinski definition) is 6. The third kappa shape index (κ3) is 3.65. The molecule has 0 amide bonds. The number of halogens is 1. The Hall–Kier alpha value is -2.05. The lowest BCUT2D eigenvalue weighted by atomic mass is 10.1. The van der Waals surface area contributed by atoms with Gasteiger partial charge in [0.1, 0.15) is 5.02 Å². The van der Waals surface area contributed by atoms with E-state index in [9.17, 15) is 0 Å². The number of hydrogen-bond donors (Lipinski definition) is 2. The van der Waals surface area contributed by atoms with Crippen molar-refractivity contribution >= 4 is 34.7 Å². The van der Waals surface area contributed by atoms with Crippen molar-refractivity contribution in [3.05, 3.63) is 35.0 Å². The van der Waals surface area contributed by atoms with E-state index < -0.39 is 0 Å². The molecule has 0 bridgehead atoms. The highest BCUT2D eigenvalue weighted by molar-refractivity contribution is 6.32. The Labute approximate surface area is 141 Å². The average molecular weight is 333 g/mol.